The van der Waals surface area contributed by atoms with E-state index in [9.17, 15) is 9.59 Å². The van der Waals surface area contributed by atoms with Crippen LogP contribution in [0.2, 0.25) is 0 Å². The summed E-state index contributed by atoms with van der Waals surface area (Å²) in [4.78, 5) is 20.8. The molecule has 9 heavy (non-hydrogen) atoms. The fraction of sp³-hybridized carbons (Fsp3) is 0.200. The van der Waals surface area contributed by atoms with Crippen molar-refractivity contribution >= 4 is 52.8 Å². The molecule has 0 saturated carbocycles. The molecule has 0 unspecified atom stereocenters. The van der Waals surface area contributed by atoms with Crippen molar-refractivity contribution in [3.63, 3.8) is 0 Å². The van der Waals surface area contributed by atoms with Crippen molar-refractivity contribution in [3.05, 3.63) is 11.6 Å². The van der Waals surface area contributed by atoms with E-state index in [0.29, 0.717) is 5.57 Å². The first-order valence-electron chi connectivity index (χ1n) is 2.11. The summed E-state index contributed by atoms with van der Waals surface area (Å²) in [7, 11) is 0. The molecule has 0 aromatic carbocycles. The molecular weight excluding hydrogens is 346 g/mol. The molecule has 0 aromatic rings. The predicted octanol–water partition coefficient (Wildman–Crippen LogP) is 1.86. The summed E-state index contributed by atoms with van der Waals surface area (Å²) in [6.07, 6.45) is 1.31. The Morgan fingerprint density at radius 1 is 1.33 bits per heavy atom. The van der Waals surface area contributed by atoms with Gasteiger partial charge in [-0.15, -0.1) is 0 Å². The van der Waals surface area contributed by atoms with Crippen LogP contribution in [0.1, 0.15) is 6.92 Å². The van der Waals surface area contributed by atoms with Crippen LogP contribution in [0, 0.1) is 0 Å². The molecule has 0 bridgehead atoms. The molecular formula is C5H4I2O2. The van der Waals surface area contributed by atoms with Gasteiger partial charge in [0.2, 0.25) is 7.58 Å². The van der Waals surface area contributed by atoms with Crippen LogP contribution in [-0.4, -0.2) is 7.58 Å². The van der Waals surface area contributed by atoms with Crippen molar-refractivity contribution in [2.45, 2.75) is 6.92 Å². The summed E-state index contributed by atoms with van der Waals surface area (Å²) >= 11 is 3.26. The molecule has 0 rings (SSSR count). The molecule has 0 saturated heterocycles. The fourth-order valence-electron chi connectivity index (χ4n) is 0.227. The Bertz CT molecular complexity index is 172. The van der Waals surface area contributed by atoms with E-state index in [0.717, 1.165) is 0 Å². The molecule has 0 aliphatic rings. The largest absolute Gasteiger partial charge is 0.283 e. The zero-order valence-electron chi connectivity index (χ0n) is 4.65. The Labute approximate surface area is 80.4 Å². The molecule has 0 fully saturated rings. The monoisotopic (exact) mass is 350 g/mol. The van der Waals surface area contributed by atoms with Gasteiger partial charge in [-0.2, -0.15) is 0 Å². The van der Waals surface area contributed by atoms with Gasteiger partial charge in [0.15, 0.2) is 0 Å². The van der Waals surface area contributed by atoms with E-state index in [1.807, 2.05) is 0 Å². The van der Waals surface area contributed by atoms with Crippen molar-refractivity contribution < 1.29 is 9.59 Å². The number of rotatable bonds is 2. The number of carbonyl (C=O) groups excluding carboxylic acids is 2. The van der Waals surface area contributed by atoms with Crippen molar-refractivity contribution in [2.75, 3.05) is 0 Å². The zero-order valence-corrected chi connectivity index (χ0v) is 8.96. The van der Waals surface area contributed by atoms with E-state index in [4.69, 9.17) is 0 Å². The van der Waals surface area contributed by atoms with Gasteiger partial charge < -0.3 is 0 Å². The zero-order chi connectivity index (χ0) is 7.44. The van der Waals surface area contributed by atoms with Crippen LogP contribution >= 0.6 is 45.2 Å². The van der Waals surface area contributed by atoms with Gasteiger partial charge in [0, 0.05) is 50.8 Å². The van der Waals surface area contributed by atoms with Crippen LogP contribution in [0.4, 0.5) is 0 Å². The average molecular weight is 350 g/mol. The van der Waals surface area contributed by atoms with Gasteiger partial charge in [0.1, 0.15) is 0 Å². The highest BCUT2D eigenvalue weighted by molar-refractivity contribution is 14.1. The van der Waals surface area contributed by atoms with Gasteiger partial charge in [-0.25, -0.2) is 0 Å². The minimum Gasteiger partial charge on any atom is -0.283 e. The molecule has 0 heterocycles. The second-order valence-corrected chi connectivity index (χ2v) is 3.45. The minimum atomic E-state index is -0.116. The number of hydrogen-bond acceptors (Lipinski definition) is 2. The van der Waals surface area contributed by atoms with Crippen LogP contribution in [0.25, 0.3) is 0 Å². The quantitative estimate of drug-likeness (QED) is 0.433. The second kappa shape index (κ2) is 4.37. The number of hydrogen-bond donors (Lipinski definition) is 0. The van der Waals surface area contributed by atoms with Crippen molar-refractivity contribution in [3.8, 4) is 0 Å². The third kappa shape index (κ3) is 5.01. The summed E-state index contributed by atoms with van der Waals surface area (Å²) in [5, 5.41) is 0. The second-order valence-electron chi connectivity index (χ2n) is 1.41. The lowest BCUT2D eigenvalue weighted by atomic mass is 10.3. The molecule has 0 aliphatic carbocycles. The topological polar surface area (TPSA) is 34.1 Å². The lowest BCUT2D eigenvalue weighted by Crippen LogP contribution is -1.88. The number of allylic oxidation sites excluding steroid dienone is 2. The van der Waals surface area contributed by atoms with Crippen LogP contribution in [-0.2, 0) is 9.59 Å². The highest BCUT2D eigenvalue weighted by Gasteiger charge is 1.98. The van der Waals surface area contributed by atoms with Crippen molar-refractivity contribution in [2.24, 2.45) is 0 Å². The molecule has 0 spiro atoms. The molecule has 0 aliphatic heterocycles. The predicted molar refractivity (Wildman–Crippen MR) is 51.8 cm³/mol. The van der Waals surface area contributed by atoms with Crippen molar-refractivity contribution in [1.82, 2.24) is 0 Å². The first-order chi connectivity index (χ1) is 4.04. The maximum atomic E-state index is 10.4. The van der Waals surface area contributed by atoms with E-state index in [1.54, 1.807) is 52.1 Å². The Balaban J connectivity index is 4.17. The van der Waals surface area contributed by atoms with Crippen molar-refractivity contribution in [1.29, 1.82) is 0 Å². The number of carbonyl (C=O) groups is 2. The maximum Gasteiger partial charge on any atom is 0.218 e. The highest BCUT2D eigenvalue weighted by Crippen LogP contribution is 2.02. The SMILES string of the molecule is C/C(=C\C(=O)I)C(=O)I. The summed E-state index contributed by atoms with van der Waals surface area (Å²) in [5.74, 6) is 0. The van der Waals surface area contributed by atoms with Crippen LogP contribution in [0.15, 0.2) is 11.6 Å². The highest BCUT2D eigenvalue weighted by atomic mass is 127. The Hall–Kier alpha value is 0.540. The van der Waals surface area contributed by atoms with E-state index in [-0.39, 0.29) is 7.58 Å². The van der Waals surface area contributed by atoms with Gasteiger partial charge in [-0.3, -0.25) is 9.59 Å². The molecule has 50 valence electrons. The van der Waals surface area contributed by atoms with Crippen LogP contribution < -0.4 is 0 Å². The standard InChI is InChI=1S/C5H4I2O2/c1-3(5(7)9)2-4(6)8/h2H,1H3/b3-2+. The minimum absolute atomic E-state index is 0.0855. The molecule has 4 heteroatoms. The lowest BCUT2D eigenvalue weighted by molar-refractivity contribution is -0.108. The third-order valence-corrected chi connectivity index (χ3v) is 1.80. The van der Waals surface area contributed by atoms with Gasteiger partial charge in [-0.1, -0.05) is 0 Å². The van der Waals surface area contributed by atoms with Crippen LogP contribution in [0.5, 0.6) is 0 Å². The first kappa shape index (κ1) is 9.54. The van der Waals surface area contributed by atoms with E-state index >= 15 is 0 Å². The summed E-state index contributed by atoms with van der Waals surface area (Å²) < 4.78 is -0.201. The van der Waals surface area contributed by atoms with Gasteiger partial charge >= 0.3 is 0 Å². The summed E-state index contributed by atoms with van der Waals surface area (Å²) in [6.45, 7) is 1.62. The molecule has 0 N–H and O–H groups in total. The Morgan fingerprint density at radius 2 is 1.78 bits per heavy atom. The summed E-state index contributed by atoms with van der Waals surface area (Å²) in [5.41, 5.74) is 0.495. The van der Waals surface area contributed by atoms with Gasteiger partial charge in [0.25, 0.3) is 0 Å². The average Bonchev–Trinajstić information content (AvgIpc) is 1.63. The van der Waals surface area contributed by atoms with E-state index < -0.39 is 0 Å². The maximum absolute atomic E-state index is 10.4. The normalized spacial score (nSPS) is 11.2. The lowest BCUT2D eigenvalue weighted by Gasteiger charge is -1.85. The molecule has 0 radical (unpaired) electrons. The van der Waals surface area contributed by atoms with Gasteiger partial charge in [-0.05, 0) is 13.0 Å². The van der Waals surface area contributed by atoms with E-state index in [1.165, 1.54) is 6.08 Å². The molecule has 2 nitrogen and oxygen atoms in total. The fourth-order valence-corrected chi connectivity index (χ4v) is 0.850. The summed E-state index contributed by atoms with van der Waals surface area (Å²) in [6, 6.07) is 0. The van der Waals surface area contributed by atoms with Gasteiger partial charge in [0.05, 0.1) is 0 Å². The molecule has 0 atom stereocenters. The molecule has 0 amide bonds. The van der Waals surface area contributed by atoms with Crippen LogP contribution in [0.3, 0.4) is 0 Å². The Kier molecular flexibility index (Phi) is 4.63. The third-order valence-electron chi connectivity index (χ3n) is 0.640. The smallest absolute Gasteiger partial charge is 0.218 e. The first-order valence-corrected chi connectivity index (χ1v) is 4.27. The number of halogens is 2. The van der Waals surface area contributed by atoms with E-state index in [2.05, 4.69) is 0 Å². The molecule has 0 aromatic heterocycles. The Morgan fingerprint density at radius 3 is 1.89 bits per heavy atom.